The van der Waals surface area contributed by atoms with E-state index in [1.165, 1.54) is 149 Å². The molecular formula is C71H55BN2S4. The average Bonchev–Trinajstić information content (AvgIpc) is 4.13. The van der Waals surface area contributed by atoms with Gasteiger partial charge in [-0.3, -0.25) is 0 Å². The predicted octanol–water partition coefficient (Wildman–Crippen LogP) is 20.2. The summed E-state index contributed by atoms with van der Waals surface area (Å²) in [5, 5.41) is 5.18. The molecule has 376 valence electrons. The normalized spacial score (nSPS) is 13.2. The topological polar surface area (TPSA) is 6.48 Å². The highest BCUT2D eigenvalue weighted by atomic mass is 32.1. The van der Waals surface area contributed by atoms with E-state index in [2.05, 4.69) is 265 Å². The first-order valence-corrected chi connectivity index (χ1v) is 30.3. The van der Waals surface area contributed by atoms with E-state index in [-0.39, 0.29) is 17.5 Å². The van der Waals surface area contributed by atoms with Gasteiger partial charge in [-0.05, 0) is 146 Å². The van der Waals surface area contributed by atoms with Gasteiger partial charge in [-0.2, -0.15) is 0 Å². The van der Waals surface area contributed by atoms with E-state index in [0.29, 0.717) is 0 Å². The van der Waals surface area contributed by atoms with Crippen LogP contribution in [0.3, 0.4) is 0 Å². The zero-order valence-electron chi connectivity index (χ0n) is 44.7. The van der Waals surface area contributed by atoms with Crippen LogP contribution in [-0.2, 0) is 10.8 Å². The van der Waals surface area contributed by atoms with Crippen molar-refractivity contribution < 1.29 is 0 Å². The Bertz CT molecular complexity index is 4210. The summed E-state index contributed by atoms with van der Waals surface area (Å²) in [6.07, 6.45) is 0. The predicted molar refractivity (Wildman–Crippen MR) is 346 cm³/mol. The first-order valence-electron chi connectivity index (χ1n) is 27.1. The van der Waals surface area contributed by atoms with Gasteiger partial charge in [0.1, 0.15) is 0 Å². The van der Waals surface area contributed by atoms with E-state index in [1.807, 2.05) is 45.3 Å². The summed E-state index contributed by atoms with van der Waals surface area (Å²) >= 11 is 7.75. The summed E-state index contributed by atoms with van der Waals surface area (Å²) < 4.78 is 8.02. The van der Waals surface area contributed by atoms with Gasteiger partial charge < -0.3 is 9.80 Å². The number of nitrogens with zero attached hydrogens (tertiary/aromatic N) is 2. The standard InChI is InChI=1S/C71H55BN2S4/c1-42-34-57-65-58(35-42)74(56-37-48(27-31-52(56)44-20-12-9-13-21-44)64-39-46-23-15-17-25-60(46)76-64)67-54-41-50(71(5,6)7)29-33-62(54)78-69(67)72(65)68-66(53-40-49(70(2,3)4)28-32-61(53)77-68)73(57)55-36-47(26-30-51(55)43-18-10-8-11-19-43)63-38-45-22-14-16-24-59(45)75-63/h8-41H,1-7H3. The Morgan fingerprint density at radius 3 is 1.21 bits per heavy atom. The van der Waals surface area contributed by atoms with E-state index in [0.717, 1.165) is 0 Å². The fourth-order valence-corrected chi connectivity index (χ4v) is 17.0. The number of rotatable bonds is 6. The molecule has 0 saturated heterocycles. The zero-order valence-corrected chi connectivity index (χ0v) is 48.0. The molecule has 0 unspecified atom stereocenters. The summed E-state index contributed by atoms with van der Waals surface area (Å²) in [5.41, 5.74) is 19.8. The van der Waals surface area contributed by atoms with Crippen LogP contribution in [0.25, 0.3) is 83.5 Å². The van der Waals surface area contributed by atoms with Crippen molar-refractivity contribution in [3.8, 4) is 43.1 Å². The molecule has 7 heteroatoms. The Kier molecular flexibility index (Phi) is 10.9. The third-order valence-corrected chi connectivity index (χ3v) is 21.0. The van der Waals surface area contributed by atoms with Crippen LogP contribution in [0.1, 0.15) is 58.2 Å². The first kappa shape index (κ1) is 47.7. The van der Waals surface area contributed by atoms with Crippen molar-refractivity contribution in [1.82, 2.24) is 0 Å². The summed E-state index contributed by atoms with van der Waals surface area (Å²) in [4.78, 5) is 7.96. The van der Waals surface area contributed by atoms with Gasteiger partial charge in [0.15, 0.2) is 0 Å². The van der Waals surface area contributed by atoms with Crippen molar-refractivity contribution in [3.63, 3.8) is 0 Å². The van der Waals surface area contributed by atoms with Crippen LogP contribution in [0.5, 0.6) is 0 Å². The SMILES string of the molecule is Cc1cc2c3c(c1)N(c1cc(-c4cc5ccccc5s4)ccc1-c1ccccc1)c1c(sc4ccc(C(C)(C)C)cc14)B3c1sc3ccc(C(C)(C)C)cc3c1N2c1cc(-c2cc3ccccc3s2)ccc1-c1ccccc1. The largest absolute Gasteiger partial charge is 0.309 e. The van der Waals surface area contributed by atoms with Crippen molar-refractivity contribution in [3.05, 3.63) is 223 Å². The van der Waals surface area contributed by atoms with Crippen LogP contribution in [0.4, 0.5) is 34.1 Å². The van der Waals surface area contributed by atoms with Gasteiger partial charge in [-0.25, -0.2) is 0 Å². The van der Waals surface area contributed by atoms with Crippen LogP contribution in [0.2, 0.25) is 0 Å². The highest BCUT2D eigenvalue weighted by Gasteiger charge is 2.48. The second-order valence-corrected chi connectivity index (χ2v) is 27.7. The lowest BCUT2D eigenvalue weighted by Gasteiger charge is -2.43. The molecular weight excluding hydrogens is 1020 g/mol. The molecule has 0 bridgehead atoms. The lowest BCUT2D eigenvalue weighted by molar-refractivity contribution is 0.591. The lowest BCUT2D eigenvalue weighted by Crippen LogP contribution is -2.59. The minimum Gasteiger partial charge on any atom is -0.309 e. The van der Waals surface area contributed by atoms with E-state index >= 15 is 0 Å². The van der Waals surface area contributed by atoms with Crippen LogP contribution >= 0.6 is 45.3 Å². The Labute approximate surface area is 473 Å². The Balaban J connectivity index is 1.08. The number of aryl methyl sites for hydroxylation is 1. The molecule has 2 aliphatic heterocycles. The van der Waals surface area contributed by atoms with Crippen molar-refractivity contribution in [1.29, 1.82) is 0 Å². The molecule has 0 radical (unpaired) electrons. The average molecular weight is 1080 g/mol. The summed E-state index contributed by atoms with van der Waals surface area (Å²) in [6, 6.07) is 78.7. The Morgan fingerprint density at radius 2 is 0.782 bits per heavy atom. The number of benzene rings is 9. The second-order valence-electron chi connectivity index (χ2n) is 23.4. The third kappa shape index (κ3) is 7.61. The van der Waals surface area contributed by atoms with E-state index < -0.39 is 0 Å². The number of thiophene rings is 4. The van der Waals surface area contributed by atoms with Crippen LogP contribution < -0.4 is 24.8 Å². The lowest BCUT2D eigenvalue weighted by atomic mass is 9.39. The number of hydrogen-bond acceptors (Lipinski definition) is 6. The third-order valence-electron chi connectivity index (χ3n) is 16.2. The van der Waals surface area contributed by atoms with Crippen molar-refractivity contribution in [2.75, 3.05) is 9.80 Å². The van der Waals surface area contributed by atoms with E-state index in [9.17, 15) is 0 Å². The van der Waals surface area contributed by atoms with Crippen LogP contribution in [0, 0.1) is 6.92 Å². The molecule has 15 rings (SSSR count). The monoisotopic (exact) mass is 1070 g/mol. The van der Waals surface area contributed by atoms with Gasteiger partial charge in [0.25, 0.3) is 6.71 Å². The van der Waals surface area contributed by atoms with Gasteiger partial charge in [0.05, 0.1) is 22.7 Å². The fourth-order valence-electron chi connectivity index (χ4n) is 12.3. The molecule has 0 aliphatic carbocycles. The van der Waals surface area contributed by atoms with Gasteiger partial charge in [0, 0.05) is 71.4 Å². The molecule has 0 atom stereocenters. The summed E-state index contributed by atoms with van der Waals surface area (Å²) in [6.45, 7) is 16.4. The highest BCUT2D eigenvalue weighted by molar-refractivity contribution is 7.40. The van der Waals surface area contributed by atoms with Gasteiger partial charge >= 0.3 is 0 Å². The molecule has 9 aromatic carbocycles. The molecule has 6 heterocycles. The first-order chi connectivity index (χ1) is 37.8. The molecule has 0 fully saturated rings. The molecule has 2 aliphatic rings. The number of anilines is 6. The smallest absolute Gasteiger partial charge is 0.277 e. The van der Waals surface area contributed by atoms with Gasteiger partial charge in [-0.1, -0.05) is 175 Å². The zero-order chi connectivity index (χ0) is 52.8. The fraction of sp³-hybridized carbons (Fsp3) is 0.127. The maximum absolute atomic E-state index is 2.71. The van der Waals surface area contributed by atoms with Crippen LogP contribution in [-0.4, -0.2) is 6.71 Å². The quantitative estimate of drug-likeness (QED) is 0.153. The summed E-state index contributed by atoms with van der Waals surface area (Å²) in [5.74, 6) is 0. The van der Waals surface area contributed by atoms with Crippen molar-refractivity contribution in [2.45, 2.75) is 59.3 Å². The maximum atomic E-state index is 2.71. The summed E-state index contributed by atoms with van der Waals surface area (Å²) in [7, 11) is 0. The van der Waals surface area contributed by atoms with Crippen LogP contribution in [0.15, 0.2) is 206 Å². The highest BCUT2D eigenvalue weighted by Crippen LogP contribution is 2.55. The molecule has 0 N–H and O–H groups in total. The van der Waals surface area contributed by atoms with Crippen molar-refractivity contribution >= 4 is 142 Å². The Morgan fingerprint density at radius 1 is 0.359 bits per heavy atom. The molecule has 78 heavy (non-hydrogen) atoms. The minimum atomic E-state index is -0.0456. The maximum Gasteiger partial charge on any atom is 0.277 e. The molecule has 0 saturated carbocycles. The van der Waals surface area contributed by atoms with E-state index in [1.54, 1.807) is 0 Å². The second kappa shape index (κ2) is 17.8. The molecule has 4 aromatic heterocycles. The number of fused-ring (bicyclic) bond motifs is 10. The Hall–Kier alpha value is -7.52. The molecule has 13 aromatic rings. The van der Waals surface area contributed by atoms with E-state index in [4.69, 9.17) is 0 Å². The molecule has 0 spiro atoms. The van der Waals surface area contributed by atoms with Gasteiger partial charge in [-0.15, -0.1) is 45.3 Å². The van der Waals surface area contributed by atoms with Crippen molar-refractivity contribution in [2.24, 2.45) is 0 Å². The van der Waals surface area contributed by atoms with Gasteiger partial charge in [0.2, 0.25) is 0 Å². The molecule has 2 nitrogen and oxygen atoms in total. The number of hydrogen-bond donors (Lipinski definition) is 0. The molecule has 0 amide bonds. The minimum absolute atomic E-state index is 0.0176.